The summed E-state index contributed by atoms with van der Waals surface area (Å²) in [5.74, 6) is -0.686. The molecule has 0 atom stereocenters. The highest BCUT2D eigenvalue weighted by atomic mass is 35.5. The van der Waals surface area contributed by atoms with Crippen molar-refractivity contribution < 1.29 is 14.4 Å². The average molecular weight is 515 g/mol. The van der Waals surface area contributed by atoms with Crippen LogP contribution in [0.5, 0.6) is 0 Å². The summed E-state index contributed by atoms with van der Waals surface area (Å²) >= 11 is 7.28. The first-order valence-corrected chi connectivity index (χ1v) is 12.6. The summed E-state index contributed by atoms with van der Waals surface area (Å²) in [6, 6.07) is 28.2. The Morgan fingerprint density at radius 1 is 0.750 bits per heavy atom. The van der Waals surface area contributed by atoms with Crippen LogP contribution in [0, 0.1) is 6.92 Å². The number of ketones is 1. The predicted molar refractivity (Wildman–Crippen MR) is 146 cm³/mol. The van der Waals surface area contributed by atoms with Crippen LogP contribution in [-0.4, -0.2) is 23.4 Å². The van der Waals surface area contributed by atoms with Gasteiger partial charge in [0.2, 0.25) is 5.91 Å². The first-order chi connectivity index (χ1) is 17.4. The van der Waals surface area contributed by atoms with E-state index >= 15 is 0 Å². The smallest absolute Gasteiger partial charge is 0.257 e. The van der Waals surface area contributed by atoms with Crippen LogP contribution in [0.25, 0.3) is 0 Å². The third kappa shape index (κ3) is 6.42. The summed E-state index contributed by atoms with van der Waals surface area (Å²) in [7, 11) is 0. The van der Waals surface area contributed by atoms with Gasteiger partial charge < -0.3 is 10.6 Å². The Bertz CT molecular complexity index is 1410. The minimum absolute atomic E-state index is 0.172. The summed E-state index contributed by atoms with van der Waals surface area (Å²) in [5.41, 5.74) is 2.91. The van der Waals surface area contributed by atoms with Gasteiger partial charge in [-0.1, -0.05) is 65.7 Å². The number of hydrogen-bond acceptors (Lipinski definition) is 4. The number of carbonyl (C=O) groups is 3. The van der Waals surface area contributed by atoms with Crippen molar-refractivity contribution in [2.24, 2.45) is 0 Å². The molecule has 2 N–H and O–H groups in total. The Morgan fingerprint density at radius 2 is 1.42 bits per heavy atom. The number of carbonyl (C=O) groups excluding carboxylic acids is 3. The van der Waals surface area contributed by atoms with E-state index in [1.165, 1.54) is 11.8 Å². The molecule has 4 rings (SSSR count). The summed E-state index contributed by atoms with van der Waals surface area (Å²) in [4.78, 5) is 39.9. The molecule has 0 aliphatic rings. The third-order valence-electron chi connectivity index (χ3n) is 5.33. The zero-order chi connectivity index (χ0) is 25.5. The van der Waals surface area contributed by atoms with Crippen molar-refractivity contribution in [1.82, 2.24) is 0 Å². The van der Waals surface area contributed by atoms with Crippen molar-refractivity contribution in [3.8, 4) is 0 Å². The van der Waals surface area contributed by atoms with Crippen LogP contribution in [0.3, 0.4) is 0 Å². The standard InChI is InChI=1S/C29H23ClN2O3S/c1-19-11-16-26(24(17-19)28(34)20-7-3-2-4-8-20)32-29(35)23-9-5-6-10-25(23)31-27(33)18-36-22-14-12-21(30)13-15-22/h2-17H,18H2,1H3,(H,31,33)(H,32,35). The van der Waals surface area contributed by atoms with Crippen molar-refractivity contribution in [3.63, 3.8) is 0 Å². The molecule has 0 saturated heterocycles. The first-order valence-electron chi connectivity index (χ1n) is 11.2. The fraction of sp³-hybridized carbons (Fsp3) is 0.0690. The molecule has 180 valence electrons. The maximum atomic E-state index is 13.2. The lowest BCUT2D eigenvalue weighted by Crippen LogP contribution is -2.20. The number of benzene rings is 4. The molecule has 36 heavy (non-hydrogen) atoms. The number of thioether (sulfide) groups is 1. The van der Waals surface area contributed by atoms with Crippen molar-refractivity contribution in [1.29, 1.82) is 0 Å². The van der Waals surface area contributed by atoms with Gasteiger partial charge in [0.25, 0.3) is 5.91 Å². The molecule has 0 saturated carbocycles. The number of hydrogen-bond donors (Lipinski definition) is 2. The molecule has 5 nitrogen and oxygen atoms in total. The van der Waals surface area contributed by atoms with Gasteiger partial charge in [-0.15, -0.1) is 11.8 Å². The number of amides is 2. The molecule has 0 aliphatic carbocycles. The van der Waals surface area contributed by atoms with Gasteiger partial charge in [0, 0.05) is 21.0 Å². The van der Waals surface area contributed by atoms with Gasteiger partial charge in [0.1, 0.15) is 0 Å². The average Bonchev–Trinajstić information content (AvgIpc) is 2.89. The topological polar surface area (TPSA) is 75.3 Å². The quantitative estimate of drug-likeness (QED) is 0.199. The van der Waals surface area contributed by atoms with Gasteiger partial charge in [-0.3, -0.25) is 14.4 Å². The summed E-state index contributed by atoms with van der Waals surface area (Å²) in [6.45, 7) is 1.89. The molecule has 7 heteroatoms. The van der Waals surface area contributed by atoms with E-state index in [9.17, 15) is 14.4 Å². The molecule has 0 radical (unpaired) electrons. The van der Waals surface area contributed by atoms with E-state index in [-0.39, 0.29) is 17.4 Å². The van der Waals surface area contributed by atoms with E-state index in [1.54, 1.807) is 72.8 Å². The van der Waals surface area contributed by atoms with E-state index in [0.717, 1.165) is 10.5 Å². The molecule has 4 aromatic rings. The second-order valence-corrected chi connectivity index (χ2v) is 9.52. The van der Waals surface area contributed by atoms with E-state index in [1.807, 2.05) is 31.2 Å². The number of anilines is 2. The lowest BCUT2D eigenvalue weighted by atomic mass is 9.99. The Hall–Kier alpha value is -3.87. The Morgan fingerprint density at radius 3 is 2.17 bits per heavy atom. The monoisotopic (exact) mass is 514 g/mol. The highest BCUT2D eigenvalue weighted by Crippen LogP contribution is 2.25. The molecule has 0 unspecified atom stereocenters. The van der Waals surface area contributed by atoms with Crippen LogP contribution in [0.15, 0.2) is 102 Å². The fourth-order valence-electron chi connectivity index (χ4n) is 3.55. The second kappa shape index (κ2) is 11.7. The Balaban J connectivity index is 1.50. The second-order valence-electron chi connectivity index (χ2n) is 8.03. The van der Waals surface area contributed by atoms with E-state index in [2.05, 4.69) is 10.6 Å². The summed E-state index contributed by atoms with van der Waals surface area (Å²) < 4.78 is 0. The zero-order valence-corrected chi connectivity index (χ0v) is 21.0. The van der Waals surface area contributed by atoms with E-state index in [4.69, 9.17) is 11.6 Å². The number of nitrogens with one attached hydrogen (secondary N) is 2. The maximum Gasteiger partial charge on any atom is 0.257 e. The van der Waals surface area contributed by atoms with Crippen molar-refractivity contribution >= 4 is 52.3 Å². The Kier molecular flexibility index (Phi) is 8.21. The summed E-state index contributed by atoms with van der Waals surface area (Å²) in [5, 5.41) is 6.30. The highest BCUT2D eigenvalue weighted by Gasteiger charge is 2.18. The molecule has 0 bridgehead atoms. The molecular formula is C29H23ClN2O3S. The lowest BCUT2D eigenvalue weighted by molar-refractivity contribution is -0.113. The number of aryl methyl sites for hydroxylation is 1. The SMILES string of the molecule is Cc1ccc(NC(=O)c2ccccc2NC(=O)CSc2ccc(Cl)cc2)c(C(=O)c2ccccc2)c1. The number of rotatable bonds is 8. The van der Waals surface area contributed by atoms with Gasteiger partial charge in [-0.05, 0) is 55.5 Å². The van der Waals surface area contributed by atoms with Crippen molar-refractivity contribution in [2.45, 2.75) is 11.8 Å². The molecule has 0 heterocycles. The Labute approximate surface area is 218 Å². The molecule has 4 aromatic carbocycles. The van der Waals surface area contributed by atoms with Gasteiger partial charge in [0.15, 0.2) is 5.78 Å². The molecule has 0 spiro atoms. The lowest BCUT2D eigenvalue weighted by Gasteiger charge is -2.14. The van der Waals surface area contributed by atoms with E-state index < -0.39 is 5.91 Å². The maximum absolute atomic E-state index is 13.2. The molecule has 2 amide bonds. The molecule has 0 aliphatic heterocycles. The van der Waals surface area contributed by atoms with Crippen molar-refractivity contribution in [3.05, 3.63) is 124 Å². The normalized spacial score (nSPS) is 10.5. The van der Waals surface area contributed by atoms with Crippen LogP contribution in [0.2, 0.25) is 5.02 Å². The van der Waals surface area contributed by atoms with Crippen LogP contribution in [-0.2, 0) is 4.79 Å². The molecule has 0 aromatic heterocycles. The van der Waals surface area contributed by atoms with Gasteiger partial charge >= 0.3 is 0 Å². The largest absolute Gasteiger partial charge is 0.325 e. The van der Waals surface area contributed by atoms with Gasteiger partial charge in [0.05, 0.1) is 22.7 Å². The summed E-state index contributed by atoms with van der Waals surface area (Å²) in [6.07, 6.45) is 0. The van der Waals surface area contributed by atoms with Gasteiger partial charge in [-0.2, -0.15) is 0 Å². The van der Waals surface area contributed by atoms with Gasteiger partial charge in [-0.25, -0.2) is 0 Å². The van der Waals surface area contributed by atoms with Crippen LogP contribution in [0.4, 0.5) is 11.4 Å². The number of halogens is 1. The van der Waals surface area contributed by atoms with Crippen LogP contribution < -0.4 is 10.6 Å². The zero-order valence-electron chi connectivity index (χ0n) is 19.5. The minimum atomic E-state index is -0.429. The van der Waals surface area contributed by atoms with E-state index in [0.29, 0.717) is 33.1 Å². The molecule has 0 fully saturated rings. The predicted octanol–water partition coefficient (Wildman–Crippen LogP) is 6.86. The first kappa shape index (κ1) is 25.2. The number of para-hydroxylation sites is 1. The molecular weight excluding hydrogens is 492 g/mol. The van der Waals surface area contributed by atoms with Crippen LogP contribution in [0.1, 0.15) is 31.8 Å². The van der Waals surface area contributed by atoms with Crippen LogP contribution >= 0.6 is 23.4 Å². The fourth-order valence-corrected chi connectivity index (χ4v) is 4.37. The third-order valence-corrected chi connectivity index (χ3v) is 6.60. The highest BCUT2D eigenvalue weighted by molar-refractivity contribution is 8.00. The minimum Gasteiger partial charge on any atom is -0.325 e. The van der Waals surface area contributed by atoms with Crippen molar-refractivity contribution in [2.75, 3.05) is 16.4 Å².